The largest absolute Gasteiger partial charge is 0.368 e. The molecule has 0 aliphatic carbocycles. The first-order chi connectivity index (χ1) is 13.6. The van der Waals surface area contributed by atoms with Gasteiger partial charge in [-0.2, -0.15) is 0 Å². The molecule has 1 aliphatic rings. The quantitative estimate of drug-likeness (QED) is 0.770. The Labute approximate surface area is 173 Å². The minimum atomic E-state index is -3.34. The van der Waals surface area contributed by atoms with E-state index in [4.69, 9.17) is 0 Å². The number of piperazine rings is 1. The van der Waals surface area contributed by atoms with Crippen LogP contribution < -0.4 is 9.21 Å². The second kappa shape index (κ2) is 8.06. The molecule has 156 valence electrons. The summed E-state index contributed by atoms with van der Waals surface area (Å²) < 4.78 is 24.8. The van der Waals surface area contributed by atoms with Crippen molar-refractivity contribution in [1.29, 1.82) is 0 Å². The van der Waals surface area contributed by atoms with Gasteiger partial charge < -0.3 is 9.80 Å². The van der Waals surface area contributed by atoms with Crippen molar-refractivity contribution in [1.82, 2.24) is 4.90 Å². The first kappa shape index (κ1) is 21.2. The highest BCUT2D eigenvalue weighted by atomic mass is 32.2. The number of nitrogens with zero attached hydrogens (tertiary/aromatic N) is 3. The highest BCUT2D eigenvalue weighted by Gasteiger charge is 2.24. The molecule has 1 aliphatic heterocycles. The molecule has 7 heteroatoms. The van der Waals surface area contributed by atoms with Crippen LogP contribution in [0, 0.1) is 20.8 Å². The van der Waals surface area contributed by atoms with Gasteiger partial charge in [-0.15, -0.1) is 0 Å². The van der Waals surface area contributed by atoms with Gasteiger partial charge in [0.25, 0.3) is 5.91 Å². The summed E-state index contributed by atoms with van der Waals surface area (Å²) in [7, 11) is -1.82. The zero-order valence-corrected chi connectivity index (χ0v) is 18.6. The minimum absolute atomic E-state index is 0.0118. The van der Waals surface area contributed by atoms with Gasteiger partial charge in [-0.25, -0.2) is 8.42 Å². The van der Waals surface area contributed by atoms with Gasteiger partial charge in [0.15, 0.2) is 0 Å². The van der Waals surface area contributed by atoms with Crippen LogP contribution in [0.25, 0.3) is 0 Å². The summed E-state index contributed by atoms with van der Waals surface area (Å²) in [4.78, 5) is 17.2. The molecule has 1 fully saturated rings. The number of hydrogen-bond acceptors (Lipinski definition) is 4. The number of carbonyl (C=O) groups is 1. The number of hydrogen-bond donors (Lipinski definition) is 0. The van der Waals surface area contributed by atoms with Gasteiger partial charge in [-0.05, 0) is 61.7 Å². The van der Waals surface area contributed by atoms with Crippen molar-refractivity contribution in [3.05, 3.63) is 58.7 Å². The summed E-state index contributed by atoms with van der Waals surface area (Å²) in [5.41, 5.74) is 5.74. The maximum atomic E-state index is 13.0. The van der Waals surface area contributed by atoms with Gasteiger partial charge in [0.1, 0.15) is 0 Å². The number of rotatable bonds is 4. The molecule has 0 saturated carbocycles. The molecule has 0 radical (unpaired) electrons. The normalized spacial score (nSPS) is 14.8. The first-order valence-corrected chi connectivity index (χ1v) is 11.6. The van der Waals surface area contributed by atoms with Crippen LogP contribution in [0.1, 0.15) is 27.0 Å². The molecule has 6 nitrogen and oxygen atoms in total. The molecule has 2 aromatic carbocycles. The molecule has 29 heavy (non-hydrogen) atoms. The molecule has 0 N–H and O–H groups in total. The van der Waals surface area contributed by atoms with Crippen molar-refractivity contribution >= 4 is 27.3 Å². The predicted octanol–water partition coefficient (Wildman–Crippen LogP) is 2.97. The van der Waals surface area contributed by atoms with Gasteiger partial charge in [0, 0.05) is 44.5 Å². The summed E-state index contributed by atoms with van der Waals surface area (Å²) in [6.45, 7) is 9.00. The standard InChI is InChI=1S/C22H29N3O3S/c1-16-7-6-8-21(18(16)3)24-11-13-25(14-12-24)22(26)19-9-10-20(17(2)15-19)23(4)29(5,27)28/h6-10,15H,11-14H2,1-5H3. The second-order valence-corrected chi connectivity index (χ2v) is 9.74. The van der Waals surface area contributed by atoms with E-state index in [1.807, 2.05) is 11.8 Å². The number of benzene rings is 2. The van der Waals surface area contributed by atoms with E-state index >= 15 is 0 Å². The van der Waals surface area contributed by atoms with Crippen LogP contribution in [0.4, 0.5) is 11.4 Å². The van der Waals surface area contributed by atoms with Crippen molar-refractivity contribution in [3.63, 3.8) is 0 Å². The molecule has 1 saturated heterocycles. The third-order valence-electron chi connectivity index (χ3n) is 5.76. The van der Waals surface area contributed by atoms with E-state index in [0.717, 1.165) is 18.7 Å². The number of carbonyl (C=O) groups excluding carboxylic acids is 1. The topological polar surface area (TPSA) is 60.9 Å². The van der Waals surface area contributed by atoms with Gasteiger partial charge in [0.2, 0.25) is 10.0 Å². The highest BCUT2D eigenvalue weighted by Crippen LogP contribution is 2.25. The van der Waals surface area contributed by atoms with Gasteiger partial charge in [-0.1, -0.05) is 12.1 Å². The fraction of sp³-hybridized carbons (Fsp3) is 0.409. The van der Waals surface area contributed by atoms with Gasteiger partial charge in [-0.3, -0.25) is 9.10 Å². The van der Waals surface area contributed by atoms with Crippen LogP contribution in [0.15, 0.2) is 36.4 Å². The van der Waals surface area contributed by atoms with Crippen LogP contribution >= 0.6 is 0 Å². The van der Waals surface area contributed by atoms with Crippen molar-refractivity contribution in [2.24, 2.45) is 0 Å². The van der Waals surface area contributed by atoms with Crippen molar-refractivity contribution in [2.75, 3.05) is 48.7 Å². The van der Waals surface area contributed by atoms with Gasteiger partial charge in [0.05, 0.1) is 11.9 Å². The lowest BCUT2D eigenvalue weighted by Crippen LogP contribution is -2.49. The summed E-state index contributed by atoms with van der Waals surface area (Å²) in [6, 6.07) is 11.5. The van der Waals surface area contributed by atoms with Crippen LogP contribution in [0.3, 0.4) is 0 Å². The summed E-state index contributed by atoms with van der Waals surface area (Å²) in [5, 5.41) is 0. The number of sulfonamides is 1. The number of anilines is 2. The van der Waals surface area contributed by atoms with Crippen molar-refractivity contribution in [2.45, 2.75) is 20.8 Å². The Kier molecular flexibility index (Phi) is 5.89. The summed E-state index contributed by atoms with van der Waals surface area (Å²) in [5.74, 6) is -0.0118. The van der Waals surface area contributed by atoms with E-state index < -0.39 is 10.0 Å². The molecule has 0 aromatic heterocycles. The Morgan fingerprint density at radius 2 is 1.62 bits per heavy atom. The molecule has 0 spiro atoms. The third kappa shape index (κ3) is 4.40. The molecular formula is C22H29N3O3S. The number of aryl methyl sites for hydroxylation is 2. The smallest absolute Gasteiger partial charge is 0.253 e. The van der Waals surface area contributed by atoms with E-state index in [-0.39, 0.29) is 5.91 Å². The molecule has 2 aromatic rings. The highest BCUT2D eigenvalue weighted by molar-refractivity contribution is 7.92. The van der Waals surface area contributed by atoms with E-state index in [1.165, 1.54) is 34.4 Å². The summed E-state index contributed by atoms with van der Waals surface area (Å²) in [6.07, 6.45) is 1.17. The lowest BCUT2D eigenvalue weighted by Gasteiger charge is -2.37. The molecular weight excluding hydrogens is 386 g/mol. The van der Waals surface area contributed by atoms with Crippen LogP contribution in [0.5, 0.6) is 0 Å². The van der Waals surface area contributed by atoms with Crippen LogP contribution in [-0.2, 0) is 10.0 Å². The van der Waals surface area contributed by atoms with Crippen molar-refractivity contribution < 1.29 is 13.2 Å². The molecule has 0 atom stereocenters. The first-order valence-electron chi connectivity index (χ1n) is 9.74. The van der Waals surface area contributed by atoms with E-state index in [1.54, 1.807) is 18.2 Å². The average molecular weight is 416 g/mol. The Morgan fingerprint density at radius 1 is 0.966 bits per heavy atom. The average Bonchev–Trinajstić information content (AvgIpc) is 2.68. The van der Waals surface area contributed by atoms with Crippen LogP contribution in [-0.4, -0.2) is 58.7 Å². The maximum Gasteiger partial charge on any atom is 0.253 e. The molecule has 0 unspecified atom stereocenters. The summed E-state index contributed by atoms with van der Waals surface area (Å²) >= 11 is 0. The Morgan fingerprint density at radius 3 is 2.21 bits per heavy atom. The zero-order chi connectivity index (χ0) is 21.3. The number of amides is 1. The fourth-order valence-electron chi connectivity index (χ4n) is 3.73. The van der Waals surface area contributed by atoms with Gasteiger partial charge >= 0.3 is 0 Å². The second-order valence-electron chi connectivity index (χ2n) is 7.73. The molecule has 1 heterocycles. The Bertz CT molecular complexity index is 1030. The Balaban J connectivity index is 1.71. The lowest BCUT2D eigenvalue weighted by atomic mass is 10.1. The zero-order valence-electron chi connectivity index (χ0n) is 17.8. The lowest BCUT2D eigenvalue weighted by molar-refractivity contribution is 0.0746. The van der Waals surface area contributed by atoms with E-state index in [2.05, 4.69) is 36.9 Å². The fourth-order valence-corrected chi connectivity index (χ4v) is 4.29. The minimum Gasteiger partial charge on any atom is -0.368 e. The van der Waals surface area contributed by atoms with E-state index in [9.17, 15) is 13.2 Å². The van der Waals surface area contributed by atoms with E-state index in [0.29, 0.717) is 24.3 Å². The third-order valence-corrected chi connectivity index (χ3v) is 6.96. The molecule has 0 bridgehead atoms. The molecule has 1 amide bonds. The monoisotopic (exact) mass is 415 g/mol. The van der Waals surface area contributed by atoms with Crippen LogP contribution in [0.2, 0.25) is 0 Å². The SMILES string of the molecule is Cc1cc(C(=O)N2CCN(c3cccc(C)c3C)CC2)ccc1N(C)S(C)(=O)=O. The predicted molar refractivity (Wildman–Crippen MR) is 118 cm³/mol. The van der Waals surface area contributed by atoms with Crippen molar-refractivity contribution in [3.8, 4) is 0 Å². The maximum absolute atomic E-state index is 13.0. The Hall–Kier alpha value is -2.54. The molecule has 3 rings (SSSR count).